The zero-order valence-corrected chi connectivity index (χ0v) is 11.8. The summed E-state index contributed by atoms with van der Waals surface area (Å²) in [5, 5.41) is 3.18. The van der Waals surface area contributed by atoms with Gasteiger partial charge in [0.15, 0.2) is 0 Å². The predicted octanol–water partition coefficient (Wildman–Crippen LogP) is 2.99. The van der Waals surface area contributed by atoms with Gasteiger partial charge in [0.1, 0.15) is 0 Å². The van der Waals surface area contributed by atoms with Gasteiger partial charge < -0.3 is 10.1 Å². The summed E-state index contributed by atoms with van der Waals surface area (Å²) in [6.45, 7) is 5.60. The van der Waals surface area contributed by atoms with Gasteiger partial charge in [-0.05, 0) is 31.7 Å². The molecule has 1 N–H and O–H groups in total. The molecule has 0 radical (unpaired) electrons. The van der Waals surface area contributed by atoms with Crippen LogP contribution < -0.4 is 5.32 Å². The first-order valence-corrected chi connectivity index (χ1v) is 7.15. The molecule has 1 aromatic rings. The van der Waals surface area contributed by atoms with Crippen LogP contribution >= 0.6 is 0 Å². The van der Waals surface area contributed by atoms with E-state index in [1.165, 1.54) is 11.1 Å². The molecule has 1 heterocycles. The molecule has 0 aromatic heterocycles. The Morgan fingerprint density at radius 1 is 1.32 bits per heavy atom. The lowest BCUT2D eigenvalue weighted by Crippen LogP contribution is -2.36. The van der Waals surface area contributed by atoms with Gasteiger partial charge in [0.25, 0.3) is 0 Å². The maximum atomic E-state index is 12.2. The molecule has 1 amide bonds. The van der Waals surface area contributed by atoms with E-state index in [0.29, 0.717) is 13.2 Å². The van der Waals surface area contributed by atoms with Crippen molar-refractivity contribution in [2.24, 2.45) is 5.92 Å². The maximum absolute atomic E-state index is 12.2. The van der Waals surface area contributed by atoms with Crippen molar-refractivity contribution in [3.05, 3.63) is 35.4 Å². The highest BCUT2D eigenvalue weighted by molar-refractivity contribution is 5.79. The Morgan fingerprint density at radius 2 is 1.95 bits per heavy atom. The third-order valence-corrected chi connectivity index (χ3v) is 3.80. The molecule has 0 aliphatic carbocycles. The number of carbonyl (C=O) groups excluding carboxylic acids is 1. The molecule has 1 unspecified atom stereocenters. The van der Waals surface area contributed by atoms with Crippen molar-refractivity contribution in [2.45, 2.75) is 39.2 Å². The lowest BCUT2D eigenvalue weighted by molar-refractivity contribution is -0.128. The van der Waals surface area contributed by atoms with Crippen LogP contribution in [0.15, 0.2) is 24.3 Å². The van der Waals surface area contributed by atoms with Gasteiger partial charge in [0.2, 0.25) is 5.91 Å². The first-order chi connectivity index (χ1) is 9.20. The third kappa shape index (κ3) is 3.80. The van der Waals surface area contributed by atoms with E-state index < -0.39 is 0 Å². The third-order valence-electron chi connectivity index (χ3n) is 3.80. The highest BCUT2D eigenvalue weighted by Crippen LogP contribution is 2.20. The Kier molecular flexibility index (Phi) is 4.97. The van der Waals surface area contributed by atoms with Crippen LogP contribution in [0.1, 0.15) is 43.4 Å². The summed E-state index contributed by atoms with van der Waals surface area (Å²) in [5.74, 6) is 0.295. The van der Waals surface area contributed by atoms with Crippen molar-refractivity contribution in [1.29, 1.82) is 0 Å². The summed E-state index contributed by atoms with van der Waals surface area (Å²) in [6, 6.07) is 8.52. The first kappa shape index (κ1) is 14.1. The number of rotatable bonds is 4. The molecule has 1 fully saturated rings. The Hall–Kier alpha value is -1.35. The maximum Gasteiger partial charge on any atom is 0.223 e. The Morgan fingerprint density at radius 3 is 2.53 bits per heavy atom. The molecule has 1 aromatic carbocycles. The standard InChI is InChI=1S/C16H23NO2/c1-3-15(13-6-4-12(2)5-7-13)17-16(18)14-8-10-19-11-9-14/h4-7,14-15H,3,8-11H2,1-2H3,(H,17,18). The Balaban J connectivity index is 1.98. The average molecular weight is 261 g/mol. The molecule has 1 saturated heterocycles. The molecule has 1 aliphatic heterocycles. The van der Waals surface area contributed by atoms with Crippen LogP contribution in [-0.4, -0.2) is 19.1 Å². The Bertz CT molecular complexity index is 407. The minimum absolute atomic E-state index is 0.119. The van der Waals surface area contributed by atoms with Crippen LogP contribution in [-0.2, 0) is 9.53 Å². The number of aryl methyl sites for hydroxylation is 1. The summed E-state index contributed by atoms with van der Waals surface area (Å²) in [4.78, 5) is 12.2. The predicted molar refractivity (Wildman–Crippen MR) is 75.9 cm³/mol. The van der Waals surface area contributed by atoms with Crippen LogP contribution in [0.3, 0.4) is 0 Å². The largest absolute Gasteiger partial charge is 0.381 e. The minimum atomic E-state index is 0.119. The summed E-state index contributed by atoms with van der Waals surface area (Å²) >= 11 is 0. The number of hydrogen-bond donors (Lipinski definition) is 1. The number of hydrogen-bond acceptors (Lipinski definition) is 2. The van der Waals surface area contributed by atoms with Gasteiger partial charge in [-0.15, -0.1) is 0 Å². The monoisotopic (exact) mass is 261 g/mol. The van der Waals surface area contributed by atoms with Crippen molar-refractivity contribution in [3.8, 4) is 0 Å². The van der Waals surface area contributed by atoms with Crippen LogP contribution in [0.5, 0.6) is 0 Å². The van der Waals surface area contributed by atoms with E-state index in [1.807, 2.05) is 0 Å². The number of ether oxygens (including phenoxy) is 1. The van der Waals surface area contributed by atoms with Gasteiger partial charge >= 0.3 is 0 Å². The van der Waals surface area contributed by atoms with Crippen molar-refractivity contribution >= 4 is 5.91 Å². The number of amides is 1. The second-order valence-corrected chi connectivity index (χ2v) is 5.27. The summed E-state index contributed by atoms with van der Waals surface area (Å²) in [6.07, 6.45) is 2.60. The van der Waals surface area contributed by atoms with Gasteiger partial charge in [0, 0.05) is 19.1 Å². The molecule has 0 bridgehead atoms. The van der Waals surface area contributed by atoms with E-state index >= 15 is 0 Å². The van der Waals surface area contributed by atoms with Crippen molar-refractivity contribution in [2.75, 3.05) is 13.2 Å². The molecule has 1 aliphatic rings. The number of nitrogens with one attached hydrogen (secondary N) is 1. The molecule has 1 atom stereocenters. The highest BCUT2D eigenvalue weighted by Gasteiger charge is 2.23. The molecule has 0 saturated carbocycles. The molecule has 0 spiro atoms. The van der Waals surface area contributed by atoms with Gasteiger partial charge in [-0.2, -0.15) is 0 Å². The van der Waals surface area contributed by atoms with Crippen molar-refractivity contribution in [1.82, 2.24) is 5.32 Å². The zero-order chi connectivity index (χ0) is 13.7. The first-order valence-electron chi connectivity index (χ1n) is 7.15. The quantitative estimate of drug-likeness (QED) is 0.905. The summed E-state index contributed by atoms with van der Waals surface area (Å²) in [5.41, 5.74) is 2.43. The second kappa shape index (κ2) is 6.71. The van der Waals surface area contributed by atoms with Gasteiger partial charge in [-0.1, -0.05) is 36.8 Å². The molecule has 3 nitrogen and oxygen atoms in total. The van der Waals surface area contributed by atoms with Crippen molar-refractivity contribution in [3.63, 3.8) is 0 Å². The molecular weight excluding hydrogens is 238 g/mol. The fourth-order valence-corrected chi connectivity index (χ4v) is 2.47. The average Bonchev–Trinajstić information content (AvgIpc) is 2.46. The van der Waals surface area contributed by atoms with Gasteiger partial charge in [-0.3, -0.25) is 4.79 Å². The van der Waals surface area contributed by atoms with Crippen LogP contribution in [0.4, 0.5) is 0 Å². The topological polar surface area (TPSA) is 38.3 Å². The van der Waals surface area contributed by atoms with Gasteiger partial charge in [0.05, 0.1) is 6.04 Å². The summed E-state index contributed by atoms with van der Waals surface area (Å²) in [7, 11) is 0. The molecular formula is C16H23NO2. The Labute approximate surface area is 115 Å². The van der Waals surface area contributed by atoms with E-state index in [4.69, 9.17) is 4.74 Å². The molecule has 104 valence electrons. The second-order valence-electron chi connectivity index (χ2n) is 5.27. The van der Waals surface area contributed by atoms with E-state index in [0.717, 1.165) is 19.3 Å². The van der Waals surface area contributed by atoms with Crippen LogP contribution in [0.2, 0.25) is 0 Å². The van der Waals surface area contributed by atoms with E-state index in [9.17, 15) is 4.79 Å². The zero-order valence-electron chi connectivity index (χ0n) is 11.8. The molecule has 2 rings (SSSR count). The van der Waals surface area contributed by atoms with Crippen LogP contribution in [0.25, 0.3) is 0 Å². The van der Waals surface area contributed by atoms with Gasteiger partial charge in [-0.25, -0.2) is 0 Å². The lowest BCUT2D eigenvalue weighted by Gasteiger charge is -2.25. The smallest absolute Gasteiger partial charge is 0.223 e. The minimum Gasteiger partial charge on any atom is -0.381 e. The van der Waals surface area contributed by atoms with Crippen molar-refractivity contribution < 1.29 is 9.53 Å². The molecule has 19 heavy (non-hydrogen) atoms. The SMILES string of the molecule is CCC(NC(=O)C1CCOCC1)c1ccc(C)cc1. The van der Waals surface area contributed by atoms with E-state index in [1.54, 1.807) is 0 Å². The number of benzene rings is 1. The van der Waals surface area contributed by atoms with Crippen LogP contribution in [0, 0.1) is 12.8 Å². The number of carbonyl (C=O) groups is 1. The fourth-order valence-electron chi connectivity index (χ4n) is 2.47. The normalized spacial score (nSPS) is 18.0. The molecule has 3 heteroatoms. The highest BCUT2D eigenvalue weighted by atomic mass is 16.5. The fraction of sp³-hybridized carbons (Fsp3) is 0.562. The summed E-state index contributed by atoms with van der Waals surface area (Å²) < 4.78 is 5.30. The van der Waals surface area contributed by atoms with E-state index in [2.05, 4.69) is 43.4 Å². The lowest BCUT2D eigenvalue weighted by atomic mass is 9.97. The van der Waals surface area contributed by atoms with E-state index in [-0.39, 0.29) is 17.9 Å².